The number of carbonyl (C=O) groups is 1. The zero-order valence-electron chi connectivity index (χ0n) is 15.1. The number of hydrogen-bond donors (Lipinski definition) is 0. The molecule has 1 aliphatic heterocycles. The van der Waals surface area contributed by atoms with Gasteiger partial charge in [0.05, 0.1) is 0 Å². The van der Waals surface area contributed by atoms with E-state index < -0.39 is 24.0 Å². The SMILES string of the molecule is CC(C)(C)OC(=O)N1CC=C(c2ccn[c]([Sn]([CH3])([CH3])[CH3])c2)CC1. The first-order valence-corrected chi connectivity index (χ1v) is 18.2. The number of nitrogens with zero attached hydrogens (tertiary/aromatic N) is 2. The average molecular weight is 423 g/mol. The third-order valence-corrected chi connectivity index (χ3v) is 8.93. The van der Waals surface area contributed by atoms with Crippen LogP contribution in [0.5, 0.6) is 0 Å². The molecule has 2 rings (SSSR count). The van der Waals surface area contributed by atoms with Crippen LogP contribution in [0.4, 0.5) is 4.79 Å². The van der Waals surface area contributed by atoms with Crippen molar-refractivity contribution in [1.29, 1.82) is 0 Å². The first kappa shape index (κ1) is 18.3. The summed E-state index contributed by atoms with van der Waals surface area (Å²) < 4.78 is 6.74. The second-order valence-corrected chi connectivity index (χ2v) is 22.4. The molecular formula is C18H28N2O2Sn. The number of rotatable bonds is 2. The van der Waals surface area contributed by atoms with E-state index in [9.17, 15) is 4.79 Å². The molecule has 23 heavy (non-hydrogen) atoms. The number of pyridine rings is 1. The van der Waals surface area contributed by atoms with Gasteiger partial charge in [-0.05, 0) is 0 Å². The van der Waals surface area contributed by atoms with Crippen LogP contribution in [0.3, 0.4) is 0 Å². The molecule has 2 heterocycles. The van der Waals surface area contributed by atoms with Gasteiger partial charge in [-0.25, -0.2) is 0 Å². The van der Waals surface area contributed by atoms with Gasteiger partial charge in [-0.2, -0.15) is 0 Å². The van der Waals surface area contributed by atoms with E-state index >= 15 is 0 Å². The summed E-state index contributed by atoms with van der Waals surface area (Å²) in [5.74, 6) is 0. The van der Waals surface area contributed by atoms with Crippen LogP contribution >= 0.6 is 0 Å². The molecular weight excluding hydrogens is 395 g/mol. The zero-order chi connectivity index (χ0) is 17.3. The van der Waals surface area contributed by atoms with Crippen molar-refractivity contribution in [3.63, 3.8) is 0 Å². The molecule has 0 unspecified atom stereocenters. The summed E-state index contributed by atoms with van der Waals surface area (Å²) in [4.78, 5) is 25.6. The topological polar surface area (TPSA) is 42.4 Å². The minimum atomic E-state index is -2.15. The maximum atomic E-state index is 12.1. The predicted molar refractivity (Wildman–Crippen MR) is 97.6 cm³/mol. The van der Waals surface area contributed by atoms with Gasteiger partial charge in [0.1, 0.15) is 0 Å². The first-order chi connectivity index (χ1) is 10.6. The van der Waals surface area contributed by atoms with E-state index in [1.165, 1.54) is 14.8 Å². The minimum absolute atomic E-state index is 0.228. The molecule has 0 saturated carbocycles. The molecule has 0 saturated heterocycles. The van der Waals surface area contributed by atoms with Crippen LogP contribution in [0.25, 0.3) is 5.57 Å². The number of amides is 1. The van der Waals surface area contributed by atoms with Crippen LogP contribution < -0.4 is 3.71 Å². The Kier molecular flexibility index (Phi) is 5.44. The van der Waals surface area contributed by atoms with Crippen LogP contribution in [0.15, 0.2) is 24.4 Å². The van der Waals surface area contributed by atoms with Crippen molar-refractivity contribution >= 4 is 33.8 Å². The van der Waals surface area contributed by atoms with Crippen molar-refractivity contribution in [1.82, 2.24) is 9.88 Å². The molecule has 0 radical (unpaired) electrons. The molecule has 0 spiro atoms. The van der Waals surface area contributed by atoms with Crippen molar-refractivity contribution in [3.05, 3.63) is 30.0 Å². The summed E-state index contributed by atoms with van der Waals surface area (Å²) >= 11 is -2.15. The molecule has 0 aliphatic carbocycles. The van der Waals surface area contributed by atoms with E-state index in [1.54, 1.807) is 4.90 Å². The number of aromatic nitrogens is 1. The van der Waals surface area contributed by atoms with Crippen molar-refractivity contribution in [2.24, 2.45) is 0 Å². The van der Waals surface area contributed by atoms with Gasteiger partial charge in [0, 0.05) is 0 Å². The zero-order valence-corrected chi connectivity index (χ0v) is 18.0. The maximum absolute atomic E-state index is 12.1. The fraction of sp³-hybridized carbons (Fsp3) is 0.556. The van der Waals surface area contributed by atoms with E-state index in [1.807, 2.05) is 27.0 Å². The summed E-state index contributed by atoms with van der Waals surface area (Å²) in [6.45, 7) is 7.00. The second-order valence-electron chi connectivity index (χ2n) is 8.09. The van der Waals surface area contributed by atoms with Crippen LogP contribution in [0, 0.1) is 0 Å². The Bertz CT molecular complexity index is 612. The standard InChI is InChI=1S/C15H19N2O2.3CH3.Sn/c1-15(2,3)19-14(18)17-10-6-13(7-11-17)12-4-8-16-9-5-12;;;;/h4-6,8H,7,10-11H2,1-3H3;3*1H3;. The van der Waals surface area contributed by atoms with Crippen LogP contribution in [-0.4, -0.2) is 53.0 Å². The molecule has 0 fully saturated rings. The Balaban J connectivity index is 2.09. The van der Waals surface area contributed by atoms with Gasteiger partial charge in [0.2, 0.25) is 0 Å². The molecule has 5 heteroatoms. The fourth-order valence-electron chi connectivity index (χ4n) is 2.46. The third kappa shape index (κ3) is 5.23. The van der Waals surface area contributed by atoms with Gasteiger partial charge in [-0.1, -0.05) is 0 Å². The molecule has 1 aliphatic rings. The van der Waals surface area contributed by atoms with E-state index in [0.29, 0.717) is 13.1 Å². The quantitative estimate of drug-likeness (QED) is 0.683. The summed E-state index contributed by atoms with van der Waals surface area (Å²) in [7, 11) is 0. The van der Waals surface area contributed by atoms with Crippen molar-refractivity contribution < 1.29 is 9.53 Å². The summed E-state index contributed by atoms with van der Waals surface area (Å²) in [5.41, 5.74) is 2.12. The Morgan fingerprint density at radius 3 is 2.52 bits per heavy atom. The summed E-state index contributed by atoms with van der Waals surface area (Å²) in [5, 5.41) is 0. The molecule has 4 nitrogen and oxygen atoms in total. The Morgan fingerprint density at radius 1 is 1.30 bits per heavy atom. The van der Waals surface area contributed by atoms with Crippen LogP contribution in [0.2, 0.25) is 14.8 Å². The van der Waals surface area contributed by atoms with Gasteiger partial charge in [-0.3, -0.25) is 0 Å². The van der Waals surface area contributed by atoms with Gasteiger partial charge in [-0.15, -0.1) is 0 Å². The van der Waals surface area contributed by atoms with Crippen molar-refractivity contribution in [3.8, 4) is 0 Å². The Labute approximate surface area is 143 Å². The molecule has 1 aromatic rings. The first-order valence-electron chi connectivity index (χ1n) is 8.20. The van der Waals surface area contributed by atoms with Crippen molar-refractivity contribution in [2.45, 2.75) is 47.6 Å². The predicted octanol–water partition coefficient (Wildman–Crippen LogP) is 3.65. The Morgan fingerprint density at radius 2 is 2.00 bits per heavy atom. The third-order valence-electron chi connectivity index (χ3n) is 3.76. The van der Waals surface area contributed by atoms with E-state index in [4.69, 9.17) is 4.74 Å². The average Bonchev–Trinajstić information content (AvgIpc) is 2.45. The number of ether oxygens (including phenoxy) is 1. The summed E-state index contributed by atoms with van der Waals surface area (Å²) in [6, 6.07) is 4.33. The van der Waals surface area contributed by atoms with Gasteiger partial charge in [0.25, 0.3) is 0 Å². The normalized spacial score (nSPS) is 16.1. The number of carbonyl (C=O) groups excluding carboxylic acids is 1. The molecule has 1 amide bonds. The molecule has 0 bridgehead atoms. The Hall–Kier alpha value is -1.04. The van der Waals surface area contributed by atoms with Gasteiger partial charge >= 0.3 is 144 Å². The number of hydrogen-bond acceptors (Lipinski definition) is 3. The van der Waals surface area contributed by atoms with Crippen molar-refractivity contribution in [2.75, 3.05) is 13.1 Å². The van der Waals surface area contributed by atoms with E-state index in [2.05, 4.69) is 38.0 Å². The van der Waals surface area contributed by atoms with E-state index in [0.717, 1.165) is 6.42 Å². The fourth-order valence-corrected chi connectivity index (χ4v) is 5.46. The van der Waals surface area contributed by atoms with Gasteiger partial charge < -0.3 is 0 Å². The summed E-state index contributed by atoms with van der Waals surface area (Å²) in [6.07, 6.45) is 4.70. The molecule has 126 valence electrons. The van der Waals surface area contributed by atoms with Crippen LogP contribution in [0.1, 0.15) is 32.8 Å². The second kappa shape index (κ2) is 6.83. The van der Waals surface area contributed by atoms with Gasteiger partial charge in [0.15, 0.2) is 0 Å². The molecule has 0 aromatic carbocycles. The molecule has 0 atom stereocenters. The molecule has 1 aromatic heterocycles. The molecule has 0 N–H and O–H groups in total. The monoisotopic (exact) mass is 424 g/mol. The van der Waals surface area contributed by atoms with E-state index in [-0.39, 0.29) is 6.09 Å². The van der Waals surface area contributed by atoms with Crippen LogP contribution in [-0.2, 0) is 4.74 Å².